The Kier molecular flexibility index (Phi) is 2.47. The van der Waals surface area contributed by atoms with Gasteiger partial charge in [0.2, 0.25) is 0 Å². The number of carbonyl (C=O) groups excluding carboxylic acids is 1. The van der Waals surface area contributed by atoms with Crippen molar-refractivity contribution in [1.29, 1.82) is 0 Å². The Morgan fingerprint density at radius 2 is 2.12 bits per heavy atom. The monoisotopic (exact) mass is 235 g/mol. The highest BCUT2D eigenvalue weighted by Gasteiger charge is 2.21. The van der Waals surface area contributed by atoms with E-state index in [4.69, 9.17) is 0 Å². The van der Waals surface area contributed by atoms with Crippen molar-refractivity contribution >= 4 is 12.1 Å². The molecule has 8 heteroatoms. The SMILES string of the molecule is Cn1cc(C=O)c(-c2cc([N+](=O)[O-])nn2C)n1. The van der Waals surface area contributed by atoms with Crippen LogP contribution < -0.4 is 0 Å². The summed E-state index contributed by atoms with van der Waals surface area (Å²) in [5, 5.41) is 18.4. The van der Waals surface area contributed by atoms with Gasteiger partial charge in [-0.05, 0) is 4.92 Å². The Labute approximate surface area is 95.6 Å². The lowest BCUT2D eigenvalue weighted by Gasteiger charge is -1.93. The van der Waals surface area contributed by atoms with Gasteiger partial charge < -0.3 is 10.1 Å². The van der Waals surface area contributed by atoms with E-state index in [1.54, 1.807) is 20.3 Å². The molecule has 0 spiro atoms. The summed E-state index contributed by atoms with van der Waals surface area (Å²) < 4.78 is 2.80. The minimum atomic E-state index is -0.590. The first-order valence-electron chi connectivity index (χ1n) is 4.70. The predicted octanol–water partition coefficient (Wildman–Crippen LogP) is 0.541. The number of hydrogen-bond acceptors (Lipinski definition) is 5. The second-order valence-corrected chi connectivity index (χ2v) is 3.49. The van der Waals surface area contributed by atoms with Crippen LogP contribution in [0.3, 0.4) is 0 Å². The molecule has 8 nitrogen and oxygen atoms in total. The molecule has 0 radical (unpaired) electrons. The zero-order valence-electron chi connectivity index (χ0n) is 9.19. The smallest absolute Gasteiger partial charge is 0.358 e. The third-order valence-corrected chi connectivity index (χ3v) is 2.28. The molecule has 0 atom stereocenters. The summed E-state index contributed by atoms with van der Waals surface area (Å²) in [6.45, 7) is 0. The van der Waals surface area contributed by atoms with Gasteiger partial charge in [0.15, 0.2) is 6.29 Å². The summed E-state index contributed by atoms with van der Waals surface area (Å²) in [6.07, 6.45) is 2.20. The fourth-order valence-electron chi connectivity index (χ4n) is 1.56. The van der Waals surface area contributed by atoms with Crippen molar-refractivity contribution in [2.45, 2.75) is 0 Å². The molecule has 88 valence electrons. The Morgan fingerprint density at radius 3 is 2.65 bits per heavy atom. The maximum atomic E-state index is 10.8. The van der Waals surface area contributed by atoms with Crippen LogP contribution in [0.5, 0.6) is 0 Å². The van der Waals surface area contributed by atoms with Crippen molar-refractivity contribution in [3.63, 3.8) is 0 Å². The molecule has 0 aromatic carbocycles. The molecule has 0 unspecified atom stereocenters. The molecule has 0 bridgehead atoms. The molecule has 2 heterocycles. The molecule has 2 rings (SSSR count). The van der Waals surface area contributed by atoms with Crippen LogP contribution in [0, 0.1) is 10.1 Å². The Balaban J connectivity index is 2.59. The molecule has 17 heavy (non-hydrogen) atoms. The van der Waals surface area contributed by atoms with Gasteiger partial charge in [-0.3, -0.25) is 9.48 Å². The van der Waals surface area contributed by atoms with Crippen molar-refractivity contribution in [3.8, 4) is 11.4 Å². The van der Waals surface area contributed by atoms with E-state index in [0.29, 0.717) is 23.2 Å². The summed E-state index contributed by atoms with van der Waals surface area (Å²) >= 11 is 0. The quantitative estimate of drug-likeness (QED) is 0.439. The molecule has 0 aliphatic carbocycles. The van der Waals surface area contributed by atoms with Crippen molar-refractivity contribution in [1.82, 2.24) is 19.6 Å². The molecule has 0 N–H and O–H groups in total. The van der Waals surface area contributed by atoms with Crippen LogP contribution in [0.1, 0.15) is 10.4 Å². The first kappa shape index (κ1) is 11.0. The number of hydrogen-bond donors (Lipinski definition) is 0. The van der Waals surface area contributed by atoms with Crippen LogP contribution >= 0.6 is 0 Å². The molecule has 0 saturated carbocycles. The zero-order valence-corrected chi connectivity index (χ0v) is 9.19. The third-order valence-electron chi connectivity index (χ3n) is 2.28. The predicted molar refractivity (Wildman–Crippen MR) is 57.5 cm³/mol. The van der Waals surface area contributed by atoms with Gasteiger partial charge in [0.05, 0.1) is 23.8 Å². The lowest BCUT2D eigenvalue weighted by atomic mass is 10.2. The average molecular weight is 235 g/mol. The minimum absolute atomic E-state index is 0.273. The molecule has 0 aliphatic heterocycles. The van der Waals surface area contributed by atoms with Gasteiger partial charge in [0, 0.05) is 13.2 Å². The molecular formula is C9H9N5O3. The van der Waals surface area contributed by atoms with Crippen molar-refractivity contribution < 1.29 is 9.72 Å². The normalized spacial score (nSPS) is 10.5. The summed E-state index contributed by atoms with van der Waals surface area (Å²) in [5.74, 6) is -0.273. The minimum Gasteiger partial charge on any atom is -0.358 e. The van der Waals surface area contributed by atoms with Crippen LogP contribution in [0.25, 0.3) is 11.4 Å². The number of carbonyl (C=O) groups is 1. The molecule has 0 amide bonds. The van der Waals surface area contributed by atoms with Crippen LogP contribution in [0.4, 0.5) is 5.82 Å². The number of nitrogens with zero attached hydrogens (tertiary/aromatic N) is 5. The standard InChI is InChI=1S/C9H9N5O3/c1-12-4-6(5-15)9(11-12)7-3-8(14(16)17)10-13(7)2/h3-5H,1-2H3. The molecular weight excluding hydrogens is 226 g/mol. The summed E-state index contributed by atoms with van der Waals surface area (Å²) in [4.78, 5) is 20.9. The van der Waals surface area contributed by atoms with E-state index in [1.165, 1.54) is 15.4 Å². The van der Waals surface area contributed by atoms with Crippen LogP contribution in [0.2, 0.25) is 0 Å². The van der Waals surface area contributed by atoms with Crippen LogP contribution in [-0.4, -0.2) is 30.8 Å². The van der Waals surface area contributed by atoms with E-state index >= 15 is 0 Å². The van der Waals surface area contributed by atoms with E-state index in [1.807, 2.05) is 0 Å². The van der Waals surface area contributed by atoms with Gasteiger partial charge in [-0.2, -0.15) is 9.78 Å². The van der Waals surface area contributed by atoms with Gasteiger partial charge in [0.25, 0.3) is 0 Å². The topological polar surface area (TPSA) is 95.9 Å². The van der Waals surface area contributed by atoms with E-state index in [2.05, 4.69) is 10.2 Å². The summed E-state index contributed by atoms with van der Waals surface area (Å²) in [5.41, 5.74) is 1.18. The fourth-order valence-corrected chi connectivity index (χ4v) is 1.56. The van der Waals surface area contributed by atoms with E-state index in [0.717, 1.165) is 0 Å². The lowest BCUT2D eigenvalue weighted by Crippen LogP contribution is -1.97. The second kappa shape index (κ2) is 3.81. The molecule has 2 aromatic rings. The first-order valence-corrected chi connectivity index (χ1v) is 4.70. The fraction of sp³-hybridized carbons (Fsp3) is 0.222. The summed E-state index contributed by atoms with van der Waals surface area (Å²) in [7, 11) is 3.23. The Morgan fingerprint density at radius 1 is 1.41 bits per heavy atom. The number of aromatic nitrogens is 4. The highest BCUT2D eigenvalue weighted by atomic mass is 16.6. The lowest BCUT2D eigenvalue weighted by molar-refractivity contribution is -0.389. The largest absolute Gasteiger partial charge is 0.390 e. The highest BCUT2D eigenvalue weighted by Crippen LogP contribution is 2.23. The Bertz CT molecular complexity index is 598. The molecule has 2 aromatic heterocycles. The van der Waals surface area contributed by atoms with Crippen LogP contribution in [-0.2, 0) is 14.1 Å². The van der Waals surface area contributed by atoms with Gasteiger partial charge in [-0.1, -0.05) is 0 Å². The van der Waals surface area contributed by atoms with Crippen LogP contribution in [0.15, 0.2) is 12.3 Å². The molecule has 0 fully saturated rings. The van der Waals surface area contributed by atoms with Crippen molar-refractivity contribution in [2.75, 3.05) is 0 Å². The number of aldehydes is 1. The first-order chi connectivity index (χ1) is 8.02. The number of aryl methyl sites for hydroxylation is 2. The highest BCUT2D eigenvalue weighted by molar-refractivity contribution is 5.84. The third kappa shape index (κ3) is 1.80. The van der Waals surface area contributed by atoms with Crippen molar-refractivity contribution in [2.24, 2.45) is 14.1 Å². The average Bonchev–Trinajstić information content (AvgIpc) is 2.81. The van der Waals surface area contributed by atoms with E-state index < -0.39 is 4.92 Å². The Hall–Kier alpha value is -2.51. The number of rotatable bonds is 3. The molecule has 0 saturated heterocycles. The van der Waals surface area contributed by atoms with Gasteiger partial charge in [-0.25, -0.2) is 0 Å². The summed E-state index contributed by atoms with van der Waals surface area (Å²) in [6, 6.07) is 1.29. The van der Waals surface area contributed by atoms with Gasteiger partial charge >= 0.3 is 5.82 Å². The zero-order chi connectivity index (χ0) is 12.6. The number of nitro groups is 1. The maximum absolute atomic E-state index is 10.8. The van der Waals surface area contributed by atoms with E-state index in [-0.39, 0.29) is 5.82 Å². The maximum Gasteiger partial charge on any atom is 0.390 e. The van der Waals surface area contributed by atoms with Gasteiger partial charge in [0.1, 0.15) is 11.4 Å². The van der Waals surface area contributed by atoms with Gasteiger partial charge in [-0.15, -0.1) is 0 Å². The molecule has 0 aliphatic rings. The second-order valence-electron chi connectivity index (χ2n) is 3.49. The van der Waals surface area contributed by atoms with E-state index in [9.17, 15) is 14.9 Å². The van der Waals surface area contributed by atoms with Crippen molar-refractivity contribution in [3.05, 3.63) is 27.9 Å².